The minimum Gasteiger partial charge on any atom is -0.376 e. The number of nitrogens with two attached hydrogens (primary N) is 1. The molecular formula is C11H23N5O. The van der Waals surface area contributed by atoms with Crippen LogP contribution in [0, 0.1) is 0 Å². The Morgan fingerprint density at radius 3 is 2.76 bits per heavy atom. The van der Waals surface area contributed by atoms with E-state index in [1.165, 1.54) is 0 Å². The van der Waals surface area contributed by atoms with E-state index in [0.717, 1.165) is 25.1 Å². The van der Waals surface area contributed by atoms with Gasteiger partial charge in [-0.05, 0) is 19.8 Å². The molecule has 0 saturated carbocycles. The summed E-state index contributed by atoms with van der Waals surface area (Å²) in [5, 5.41) is 8.03. The van der Waals surface area contributed by atoms with Crippen LogP contribution in [0.1, 0.15) is 45.3 Å². The fourth-order valence-corrected chi connectivity index (χ4v) is 1.92. The van der Waals surface area contributed by atoms with Crippen LogP contribution in [-0.2, 0) is 11.3 Å². The highest BCUT2D eigenvalue weighted by molar-refractivity contribution is 5.09. The number of hydrazine groups is 1. The van der Waals surface area contributed by atoms with Crippen molar-refractivity contribution in [2.45, 2.75) is 51.8 Å². The molecule has 2 unspecified atom stereocenters. The van der Waals surface area contributed by atoms with Gasteiger partial charge in [0.05, 0.1) is 23.5 Å². The van der Waals surface area contributed by atoms with Crippen molar-refractivity contribution < 1.29 is 4.74 Å². The standard InChI is InChI=1S/C11H23N5O/c1-5-7-16-9(8-13-15-16)10(14-12)11(3,6-2)17-4/h8,10,14H,5-7,12H2,1-4H3. The Morgan fingerprint density at radius 1 is 1.59 bits per heavy atom. The average Bonchev–Trinajstić information content (AvgIpc) is 2.78. The Morgan fingerprint density at radius 2 is 2.29 bits per heavy atom. The smallest absolute Gasteiger partial charge is 0.0931 e. The SMILES string of the molecule is CCCn1nncc1C(NN)C(C)(CC)OC. The summed E-state index contributed by atoms with van der Waals surface area (Å²) in [7, 11) is 1.70. The number of aromatic nitrogens is 3. The van der Waals surface area contributed by atoms with E-state index in [2.05, 4.69) is 29.6 Å². The molecule has 0 aliphatic rings. The number of hydrogen-bond acceptors (Lipinski definition) is 5. The van der Waals surface area contributed by atoms with E-state index >= 15 is 0 Å². The predicted molar refractivity (Wildman–Crippen MR) is 66.1 cm³/mol. The minimum absolute atomic E-state index is 0.126. The summed E-state index contributed by atoms with van der Waals surface area (Å²) in [6.07, 6.45) is 3.59. The zero-order valence-corrected chi connectivity index (χ0v) is 11.1. The Kier molecular flexibility index (Phi) is 5.04. The highest BCUT2D eigenvalue weighted by Crippen LogP contribution is 2.30. The third kappa shape index (κ3) is 2.83. The van der Waals surface area contributed by atoms with Crippen LogP contribution in [0.3, 0.4) is 0 Å². The first-order chi connectivity index (χ1) is 8.12. The summed E-state index contributed by atoms with van der Waals surface area (Å²) < 4.78 is 7.46. The van der Waals surface area contributed by atoms with Gasteiger partial charge in [0.2, 0.25) is 0 Å². The lowest BCUT2D eigenvalue weighted by atomic mass is 9.91. The average molecular weight is 241 g/mol. The van der Waals surface area contributed by atoms with Gasteiger partial charge in [-0.1, -0.05) is 19.1 Å². The Labute approximate surface area is 102 Å². The molecule has 0 spiro atoms. The topological polar surface area (TPSA) is 78.0 Å². The maximum atomic E-state index is 5.67. The highest BCUT2D eigenvalue weighted by Gasteiger charge is 2.35. The van der Waals surface area contributed by atoms with Gasteiger partial charge in [0.25, 0.3) is 0 Å². The fourth-order valence-electron chi connectivity index (χ4n) is 1.92. The summed E-state index contributed by atoms with van der Waals surface area (Å²) in [5.41, 5.74) is 3.41. The Hall–Kier alpha value is -0.980. The normalized spacial score (nSPS) is 16.8. The fraction of sp³-hybridized carbons (Fsp3) is 0.818. The van der Waals surface area contributed by atoms with E-state index in [9.17, 15) is 0 Å². The van der Waals surface area contributed by atoms with Gasteiger partial charge in [-0.15, -0.1) is 5.10 Å². The van der Waals surface area contributed by atoms with Gasteiger partial charge in [-0.3, -0.25) is 5.84 Å². The lowest BCUT2D eigenvalue weighted by molar-refractivity contribution is -0.0323. The molecule has 1 aromatic rings. The number of aryl methyl sites for hydroxylation is 1. The number of rotatable bonds is 7. The van der Waals surface area contributed by atoms with Crippen molar-refractivity contribution in [3.8, 4) is 0 Å². The zero-order chi connectivity index (χ0) is 12.9. The van der Waals surface area contributed by atoms with Gasteiger partial charge >= 0.3 is 0 Å². The van der Waals surface area contributed by atoms with Crippen molar-refractivity contribution in [3.63, 3.8) is 0 Å². The summed E-state index contributed by atoms with van der Waals surface area (Å²) in [6, 6.07) is -0.126. The van der Waals surface area contributed by atoms with Crippen molar-refractivity contribution in [3.05, 3.63) is 11.9 Å². The van der Waals surface area contributed by atoms with Gasteiger partial charge in [-0.2, -0.15) is 0 Å². The molecule has 6 heteroatoms. The van der Waals surface area contributed by atoms with Gasteiger partial charge in [0.15, 0.2) is 0 Å². The molecule has 0 radical (unpaired) electrons. The number of nitrogens with zero attached hydrogens (tertiary/aromatic N) is 3. The zero-order valence-electron chi connectivity index (χ0n) is 11.1. The third-order valence-electron chi connectivity index (χ3n) is 3.32. The molecular weight excluding hydrogens is 218 g/mol. The van der Waals surface area contributed by atoms with E-state index < -0.39 is 0 Å². The van der Waals surface area contributed by atoms with E-state index in [-0.39, 0.29) is 11.6 Å². The van der Waals surface area contributed by atoms with Crippen LogP contribution in [0.2, 0.25) is 0 Å². The molecule has 0 saturated heterocycles. The number of ether oxygens (including phenoxy) is 1. The number of methoxy groups -OCH3 is 1. The second-order valence-electron chi connectivity index (χ2n) is 4.35. The van der Waals surface area contributed by atoms with Crippen LogP contribution >= 0.6 is 0 Å². The van der Waals surface area contributed by atoms with E-state index in [1.54, 1.807) is 13.3 Å². The first kappa shape index (κ1) is 14.1. The summed E-state index contributed by atoms with van der Waals surface area (Å²) in [4.78, 5) is 0. The van der Waals surface area contributed by atoms with Gasteiger partial charge in [-0.25, -0.2) is 10.1 Å². The van der Waals surface area contributed by atoms with Crippen LogP contribution in [0.15, 0.2) is 6.20 Å². The summed E-state index contributed by atoms with van der Waals surface area (Å²) >= 11 is 0. The monoisotopic (exact) mass is 241 g/mol. The maximum absolute atomic E-state index is 5.67. The molecule has 0 bridgehead atoms. The molecule has 1 heterocycles. The van der Waals surface area contributed by atoms with Gasteiger partial charge < -0.3 is 4.74 Å². The van der Waals surface area contributed by atoms with Crippen molar-refractivity contribution in [2.24, 2.45) is 5.84 Å². The lowest BCUT2D eigenvalue weighted by Gasteiger charge is -2.35. The van der Waals surface area contributed by atoms with Crippen LogP contribution in [0.25, 0.3) is 0 Å². The van der Waals surface area contributed by atoms with Crippen molar-refractivity contribution in [1.82, 2.24) is 20.4 Å². The molecule has 0 aliphatic carbocycles. The third-order valence-corrected chi connectivity index (χ3v) is 3.32. The molecule has 0 aromatic carbocycles. The molecule has 17 heavy (non-hydrogen) atoms. The largest absolute Gasteiger partial charge is 0.376 e. The van der Waals surface area contributed by atoms with Crippen LogP contribution in [-0.4, -0.2) is 27.7 Å². The van der Waals surface area contributed by atoms with E-state index in [4.69, 9.17) is 10.6 Å². The number of nitrogens with one attached hydrogen (secondary N) is 1. The highest BCUT2D eigenvalue weighted by atomic mass is 16.5. The van der Waals surface area contributed by atoms with Gasteiger partial charge in [0, 0.05) is 13.7 Å². The molecule has 0 aliphatic heterocycles. The van der Waals surface area contributed by atoms with Crippen LogP contribution in [0.5, 0.6) is 0 Å². The summed E-state index contributed by atoms with van der Waals surface area (Å²) in [6.45, 7) is 7.03. The Bertz CT molecular complexity index is 334. The summed E-state index contributed by atoms with van der Waals surface area (Å²) in [5.74, 6) is 5.67. The molecule has 3 N–H and O–H groups in total. The predicted octanol–water partition coefficient (Wildman–Crippen LogP) is 1.01. The van der Waals surface area contributed by atoms with Crippen LogP contribution in [0.4, 0.5) is 0 Å². The molecule has 6 nitrogen and oxygen atoms in total. The first-order valence-electron chi connectivity index (χ1n) is 6.02. The first-order valence-corrected chi connectivity index (χ1v) is 6.02. The van der Waals surface area contributed by atoms with Crippen LogP contribution < -0.4 is 11.3 Å². The lowest BCUT2D eigenvalue weighted by Crippen LogP contribution is -2.46. The second-order valence-corrected chi connectivity index (χ2v) is 4.35. The molecule has 2 atom stereocenters. The van der Waals surface area contributed by atoms with Crippen molar-refractivity contribution in [1.29, 1.82) is 0 Å². The number of hydrogen-bond donors (Lipinski definition) is 2. The molecule has 0 amide bonds. The van der Waals surface area contributed by atoms with Gasteiger partial charge in [0.1, 0.15) is 0 Å². The minimum atomic E-state index is -0.373. The molecule has 0 fully saturated rings. The Balaban J connectivity index is 3.04. The van der Waals surface area contributed by atoms with Crippen molar-refractivity contribution >= 4 is 0 Å². The molecule has 1 aromatic heterocycles. The second kappa shape index (κ2) is 6.09. The van der Waals surface area contributed by atoms with Crippen molar-refractivity contribution in [2.75, 3.05) is 7.11 Å². The van der Waals surface area contributed by atoms with E-state index in [0.29, 0.717) is 0 Å². The molecule has 98 valence electrons. The molecule has 1 rings (SSSR count). The van der Waals surface area contributed by atoms with E-state index in [1.807, 2.05) is 11.6 Å². The quantitative estimate of drug-likeness (QED) is 0.550. The maximum Gasteiger partial charge on any atom is 0.0931 e.